The van der Waals surface area contributed by atoms with Gasteiger partial charge in [0.1, 0.15) is 11.8 Å². The van der Waals surface area contributed by atoms with Crippen molar-refractivity contribution in [1.29, 1.82) is 0 Å². The number of nitrogens with zero attached hydrogens (tertiary/aromatic N) is 2. The van der Waals surface area contributed by atoms with E-state index in [2.05, 4.69) is 15.5 Å². The Morgan fingerprint density at radius 1 is 1.06 bits per heavy atom. The molecule has 0 unspecified atom stereocenters. The summed E-state index contributed by atoms with van der Waals surface area (Å²) in [7, 11) is 1.59. The molecule has 0 aliphatic rings. The molecule has 0 aliphatic carbocycles. The second-order valence-corrected chi connectivity index (χ2v) is 7.30. The van der Waals surface area contributed by atoms with Crippen LogP contribution in [0.2, 0.25) is 0 Å². The van der Waals surface area contributed by atoms with Crippen molar-refractivity contribution in [1.82, 2.24) is 15.5 Å². The molecule has 0 spiro atoms. The number of aromatic nitrogens is 2. The molecule has 3 rings (SSSR count). The van der Waals surface area contributed by atoms with Crippen molar-refractivity contribution in [3.8, 4) is 17.2 Å². The maximum atomic E-state index is 12.6. The molecule has 1 heterocycles. The van der Waals surface area contributed by atoms with Crippen LogP contribution >= 0.6 is 0 Å². The van der Waals surface area contributed by atoms with E-state index in [9.17, 15) is 9.59 Å². The fourth-order valence-corrected chi connectivity index (χ4v) is 2.89. The van der Waals surface area contributed by atoms with Gasteiger partial charge in [0.25, 0.3) is 5.89 Å². The average molecular weight is 423 g/mol. The summed E-state index contributed by atoms with van der Waals surface area (Å²) in [5.74, 6) is 0.316. The Morgan fingerprint density at radius 3 is 2.42 bits per heavy atom. The van der Waals surface area contributed by atoms with Crippen molar-refractivity contribution in [2.75, 3.05) is 7.11 Å². The third-order valence-electron chi connectivity index (χ3n) is 4.59. The number of esters is 1. The minimum atomic E-state index is -0.774. The molecule has 8 nitrogen and oxygen atoms in total. The van der Waals surface area contributed by atoms with E-state index >= 15 is 0 Å². The van der Waals surface area contributed by atoms with Crippen molar-refractivity contribution in [3.05, 3.63) is 66.0 Å². The molecule has 1 atom stereocenters. The number of carbonyl (C=O) groups excluding carboxylic acids is 2. The van der Waals surface area contributed by atoms with E-state index in [0.717, 1.165) is 11.1 Å². The van der Waals surface area contributed by atoms with Crippen LogP contribution in [0, 0.1) is 5.92 Å². The molecule has 2 aromatic carbocycles. The van der Waals surface area contributed by atoms with Gasteiger partial charge in [0.15, 0.2) is 6.61 Å². The van der Waals surface area contributed by atoms with Crippen molar-refractivity contribution >= 4 is 11.9 Å². The van der Waals surface area contributed by atoms with Crippen LogP contribution in [0.1, 0.15) is 25.2 Å². The first kappa shape index (κ1) is 22.0. The lowest BCUT2D eigenvalue weighted by molar-refractivity contribution is -0.150. The van der Waals surface area contributed by atoms with Gasteiger partial charge in [-0.3, -0.25) is 4.79 Å². The Balaban J connectivity index is 1.56. The number of ether oxygens (including phenoxy) is 2. The van der Waals surface area contributed by atoms with Crippen LogP contribution in [0.5, 0.6) is 5.75 Å². The van der Waals surface area contributed by atoms with Gasteiger partial charge in [-0.05, 0) is 35.7 Å². The SMILES string of the molecule is COc1ccc(-c2nc(COC(=O)[C@@H](NC(=O)Cc3ccccc3)C(C)C)no2)cc1. The topological polar surface area (TPSA) is 104 Å². The molecule has 0 saturated carbocycles. The zero-order valence-electron chi connectivity index (χ0n) is 17.7. The van der Waals surface area contributed by atoms with Crippen LogP contribution in [0.15, 0.2) is 59.1 Å². The third-order valence-corrected chi connectivity index (χ3v) is 4.59. The van der Waals surface area contributed by atoms with E-state index < -0.39 is 12.0 Å². The van der Waals surface area contributed by atoms with E-state index in [1.54, 1.807) is 31.4 Å². The summed E-state index contributed by atoms with van der Waals surface area (Å²) >= 11 is 0. The van der Waals surface area contributed by atoms with E-state index in [-0.39, 0.29) is 30.7 Å². The van der Waals surface area contributed by atoms with Crippen LogP contribution in [0.4, 0.5) is 0 Å². The van der Waals surface area contributed by atoms with Gasteiger partial charge >= 0.3 is 5.97 Å². The Hall–Kier alpha value is -3.68. The summed E-state index contributed by atoms with van der Waals surface area (Å²) in [5.41, 5.74) is 1.59. The largest absolute Gasteiger partial charge is 0.497 e. The highest BCUT2D eigenvalue weighted by Crippen LogP contribution is 2.21. The van der Waals surface area contributed by atoms with Crippen LogP contribution < -0.4 is 10.1 Å². The predicted octanol–water partition coefficient (Wildman–Crippen LogP) is 3.17. The van der Waals surface area contributed by atoms with Crippen molar-refractivity contribution in [2.24, 2.45) is 5.92 Å². The minimum Gasteiger partial charge on any atom is -0.497 e. The minimum absolute atomic E-state index is 0.146. The number of methoxy groups -OCH3 is 1. The van der Waals surface area contributed by atoms with Gasteiger partial charge in [0, 0.05) is 5.56 Å². The summed E-state index contributed by atoms with van der Waals surface area (Å²) in [4.78, 5) is 29.1. The summed E-state index contributed by atoms with van der Waals surface area (Å²) in [6.45, 7) is 3.52. The lowest BCUT2D eigenvalue weighted by Crippen LogP contribution is -2.45. The molecular weight excluding hydrogens is 398 g/mol. The standard InChI is InChI=1S/C23H25N3O5/c1-15(2)21(25-20(27)13-16-7-5-4-6-8-16)23(28)30-14-19-24-22(31-26-19)17-9-11-18(29-3)12-10-17/h4-12,15,21H,13-14H2,1-3H3,(H,25,27)/t21-/m0/s1. The fraction of sp³-hybridized carbons (Fsp3) is 0.304. The predicted molar refractivity (Wildman–Crippen MR) is 113 cm³/mol. The second-order valence-electron chi connectivity index (χ2n) is 7.30. The number of hydrogen-bond acceptors (Lipinski definition) is 7. The summed E-state index contributed by atoms with van der Waals surface area (Å²) in [6, 6.07) is 15.7. The summed E-state index contributed by atoms with van der Waals surface area (Å²) < 4.78 is 15.7. The number of hydrogen-bond donors (Lipinski definition) is 1. The van der Waals surface area contributed by atoms with E-state index in [4.69, 9.17) is 14.0 Å². The lowest BCUT2D eigenvalue weighted by atomic mass is 10.0. The molecule has 1 aromatic heterocycles. The van der Waals surface area contributed by atoms with Crippen LogP contribution in [-0.4, -0.2) is 35.2 Å². The van der Waals surface area contributed by atoms with Crippen LogP contribution in [0.25, 0.3) is 11.5 Å². The summed E-state index contributed by atoms with van der Waals surface area (Å²) in [6.07, 6.45) is 0.188. The molecule has 1 N–H and O–H groups in total. The van der Waals surface area contributed by atoms with Gasteiger partial charge in [-0.15, -0.1) is 0 Å². The fourth-order valence-electron chi connectivity index (χ4n) is 2.89. The number of benzene rings is 2. The Morgan fingerprint density at radius 2 is 1.77 bits per heavy atom. The first-order chi connectivity index (χ1) is 15.0. The highest BCUT2D eigenvalue weighted by atomic mass is 16.5. The van der Waals surface area contributed by atoms with Gasteiger partial charge in [-0.25, -0.2) is 4.79 Å². The average Bonchev–Trinajstić information content (AvgIpc) is 3.25. The van der Waals surface area contributed by atoms with E-state index in [1.165, 1.54) is 0 Å². The maximum Gasteiger partial charge on any atom is 0.329 e. The maximum absolute atomic E-state index is 12.6. The molecular formula is C23H25N3O5. The molecule has 0 fully saturated rings. The smallest absolute Gasteiger partial charge is 0.329 e. The third kappa shape index (κ3) is 6.15. The van der Waals surface area contributed by atoms with Crippen LogP contribution in [-0.2, 0) is 27.4 Å². The number of rotatable bonds is 9. The molecule has 0 radical (unpaired) electrons. The molecule has 3 aromatic rings. The second kappa shape index (κ2) is 10.4. The molecule has 162 valence electrons. The molecule has 0 saturated heterocycles. The molecule has 0 bridgehead atoms. The monoisotopic (exact) mass is 423 g/mol. The highest BCUT2D eigenvalue weighted by Gasteiger charge is 2.26. The zero-order valence-corrected chi connectivity index (χ0v) is 17.7. The normalized spacial score (nSPS) is 11.7. The van der Waals surface area contributed by atoms with E-state index in [1.807, 2.05) is 44.2 Å². The van der Waals surface area contributed by atoms with Crippen LogP contribution in [0.3, 0.4) is 0 Å². The quantitative estimate of drug-likeness (QED) is 0.527. The first-order valence-electron chi connectivity index (χ1n) is 9.93. The Labute approximate surface area is 180 Å². The van der Waals surface area contributed by atoms with Crippen molar-refractivity contribution in [3.63, 3.8) is 0 Å². The Bertz CT molecular complexity index is 1000. The van der Waals surface area contributed by atoms with Gasteiger partial charge in [-0.2, -0.15) is 4.98 Å². The van der Waals surface area contributed by atoms with E-state index in [0.29, 0.717) is 11.6 Å². The molecule has 8 heteroatoms. The highest BCUT2D eigenvalue weighted by molar-refractivity contribution is 5.85. The zero-order chi connectivity index (χ0) is 22.2. The molecule has 0 aliphatic heterocycles. The van der Waals surface area contributed by atoms with Crippen molar-refractivity contribution in [2.45, 2.75) is 32.9 Å². The number of amides is 1. The number of nitrogens with one attached hydrogen (secondary N) is 1. The first-order valence-corrected chi connectivity index (χ1v) is 9.93. The number of carbonyl (C=O) groups is 2. The van der Waals surface area contributed by atoms with Crippen molar-refractivity contribution < 1.29 is 23.6 Å². The molecule has 31 heavy (non-hydrogen) atoms. The van der Waals surface area contributed by atoms with Gasteiger partial charge < -0.3 is 19.3 Å². The molecule has 1 amide bonds. The van der Waals surface area contributed by atoms with Gasteiger partial charge in [0.2, 0.25) is 11.7 Å². The summed E-state index contributed by atoms with van der Waals surface area (Å²) in [5, 5.41) is 6.60. The Kier molecular flexibility index (Phi) is 7.37. The van der Waals surface area contributed by atoms with Gasteiger partial charge in [-0.1, -0.05) is 49.3 Å². The lowest BCUT2D eigenvalue weighted by Gasteiger charge is -2.20. The van der Waals surface area contributed by atoms with Gasteiger partial charge in [0.05, 0.1) is 13.5 Å².